The Morgan fingerprint density at radius 1 is 1.00 bits per heavy atom. The van der Waals surface area contributed by atoms with Crippen LogP contribution in [-0.2, 0) is 25.7 Å². The molecular weight excluding hydrogens is 426 g/mol. The Labute approximate surface area is 189 Å². The van der Waals surface area contributed by atoms with Crippen molar-refractivity contribution in [3.63, 3.8) is 0 Å². The fraction of sp³-hybridized carbons (Fsp3) is 0.250. The van der Waals surface area contributed by atoms with Crippen LogP contribution >= 0.6 is 0 Å². The first kappa shape index (κ1) is 22.1. The Kier molecular flexibility index (Phi) is 5.87. The molecule has 0 aromatic heterocycles. The van der Waals surface area contributed by atoms with Crippen molar-refractivity contribution >= 4 is 23.7 Å². The lowest BCUT2D eigenvalue weighted by atomic mass is 9.84. The van der Waals surface area contributed by atoms with Gasteiger partial charge in [-0.25, -0.2) is 0 Å². The number of aliphatic hydroxyl groups excluding tert-OH is 1. The van der Waals surface area contributed by atoms with E-state index in [-0.39, 0.29) is 31.8 Å². The van der Waals surface area contributed by atoms with Gasteiger partial charge in [0.25, 0.3) is 11.8 Å². The number of benzene rings is 2. The number of carbonyl (C=O) groups excluding carboxylic acids is 3. The van der Waals surface area contributed by atoms with Crippen molar-refractivity contribution in [2.75, 3.05) is 13.1 Å². The maximum atomic E-state index is 13.3. The molecule has 4 N–H and O–H groups in total. The summed E-state index contributed by atoms with van der Waals surface area (Å²) >= 11 is 0. The fourth-order valence-corrected chi connectivity index (χ4v) is 4.30. The third kappa shape index (κ3) is 4.43. The summed E-state index contributed by atoms with van der Waals surface area (Å²) in [7, 11) is 0. The lowest BCUT2D eigenvalue weighted by molar-refractivity contribution is -0.141. The molecule has 2 aliphatic heterocycles. The number of carboxylic acids is 1. The average molecular weight is 449 g/mol. The van der Waals surface area contributed by atoms with Crippen LogP contribution in [0, 0.1) is 0 Å². The molecule has 33 heavy (non-hydrogen) atoms. The van der Waals surface area contributed by atoms with Crippen LogP contribution in [0.25, 0.3) is 11.1 Å². The molecule has 1 spiro atoms. The zero-order valence-electron chi connectivity index (χ0n) is 17.7. The van der Waals surface area contributed by atoms with Crippen LogP contribution in [0.5, 0.6) is 0 Å². The Morgan fingerprint density at radius 3 is 2.27 bits per heavy atom. The topological polar surface area (TPSA) is 136 Å². The van der Waals surface area contributed by atoms with E-state index in [0.717, 1.165) is 16.7 Å². The van der Waals surface area contributed by atoms with Crippen LogP contribution < -0.4 is 10.6 Å². The van der Waals surface area contributed by atoms with Gasteiger partial charge in [-0.3, -0.25) is 19.2 Å². The maximum Gasteiger partial charge on any atom is 0.322 e. The van der Waals surface area contributed by atoms with Crippen molar-refractivity contribution in [1.82, 2.24) is 15.5 Å². The molecule has 0 saturated carbocycles. The molecule has 2 aliphatic rings. The summed E-state index contributed by atoms with van der Waals surface area (Å²) in [6.45, 7) is -0.422. The molecule has 1 unspecified atom stereocenters. The van der Waals surface area contributed by atoms with E-state index in [9.17, 15) is 24.3 Å². The standard InChI is InChI=1S/C24H23N3O6/c28-18-10-24(11-19(29)26-14-24)27(23(33)21(18)22(32)25-12-20(30)31)13-15-6-8-17(9-7-15)16-4-2-1-3-5-16/h1-9,28H,10-14H2,(H,25,32)(H,26,29)(H,30,31). The van der Waals surface area contributed by atoms with Gasteiger partial charge in [0.15, 0.2) is 0 Å². The molecule has 1 fully saturated rings. The van der Waals surface area contributed by atoms with Gasteiger partial charge in [0.2, 0.25) is 5.91 Å². The van der Waals surface area contributed by atoms with E-state index in [4.69, 9.17) is 5.11 Å². The summed E-state index contributed by atoms with van der Waals surface area (Å²) in [5.74, 6) is -3.68. The second-order valence-electron chi connectivity index (χ2n) is 8.21. The van der Waals surface area contributed by atoms with Crippen molar-refractivity contribution in [3.8, 4) is 11.1 Å². The highest BCUT2D eigenvalue weighted by Gasteiger charge is 2.51. The molecule has 3 amide bonds. The third-order valence-electron chi connectivity index (χ3n) is 5.95. The molecular formula is C24H23N3O6. The third-order valence-corrected chi connectivity index (χ3v) is 5.95. The number of rotatable bonds is 6. The lowest BCUT2D eigenvalue weighted by Crippen LogP contribution is -2.57. The minimum Gasteiger partial charge on any atom is -0.511 e. The van der Waals surface area contributed by atoms with Gasteiger partial charge in [-0.15, -0.1) is 0 Å². The van der Waals surface area contributed by atoms with Crippen LogP contribution in [0.3, 0.4) is 0 Å². The predicted octanol–water partition coefficient (Wildman–Crippen LogP) is 1.36. The molecule has 9 nitrogen and oxygen atoms in total. The molecule has 170 valence electrons. The molecule has 1 saturated heterocycles. The number of hydrogen-bond acceptors (Lipinski definition) is 5. The van der Waals surface area contributed by atoms with Crippen LogP contribution in [0.2, 0.25) is 0 Å². The number of hydrogen-bond donors (Lipinski definition) is 4. The highest BCUT2D eigenvalue weighted by atomic mass is 16.4. The van der Waals surface area contributed by atoms with Crippen molar-refractivity contribution in [1.29, 1.82) is 0 Å². The zero-order valence-corrected chi connectivity index (χ0v) is 17.7. The molecule has 0 bridgehead atoms. The second kappa shape index (κ2) is 8.78. The Morgan fingerprint density at radius 2 is 1.67 bits per heavy atom. The van der Waals surface area contributed by atoms with Crippen LogP contribution in [0.4, 0.5) is 0 Å². The van der Waals surface area contributed by atoms with E-state index in [1.165, 1.54) is 4.90 Å². The second-order valence-corrected chi connectivity index (χ2v) is 8.21. The van der Waals surface area contributed by atoms with Crippen LogP contribution in [0.1, 0.15) is 18.4 Å². The van der Waals surface area contributed by atoms with Gasteiger partial charge in [-0.05, 0) is 16.7 Å². The van der Waals surface area contributed by atoms with Gasteiger partial charge >= 0.3 is 5.97 Å². The van der Waals surface area contributed by atoms with E-state index < -0.39 is 41.2 Å². The molecule has 0 aliphatic carbocycles. The number of aliphatic carboxylic acids is 1. The van der Waals surface area contributed by atoms with Crippen molar-refractivity contribution in [2.24, 2.45) is 0 Å². The largest absolute Gasteiger partial charge is 0.511 e. The average Bonchev–Trinajstić information content (AvgIpc) is 3.16. The monoisotopic (exact) mass is 449 g/mol. The van der Waals surface area contributed by atoms with E-state index >= 15 is 0 Å². The highest BCUT2D eigenvalue weighted by molar-refractivity contribution is 6.20. The van der Waals surface area contributed by atoms with Gasteiger partial charge in [0, 0.05) is 19.5 Å². The summed E-state index contributed by atoms with van der Waals surface area (Å²) in [6, 6.07) is 17.4. The van der Waals surface area contributed by atoms with Crippen molar-refractivity contribution < 1.29 is 29.4 Å². The smallest absolute Gasteiger partial charge is 0.322 e. The first-order chi connectivity index (χ1) is 15.8. The van der Waals surface area contributed by atoms with E-state index in [1.54, 1.807) is 0 Å². The number of nitrogens with zero attached hydrogens (tertiary/aromatic N) is 1. The number of carbonyl (C=O) groups is 4. The first-order valence-electron chi connectivity index (χ1n) is 10.4. The minimum atomic E-state index is -1.27. The highest BCUT2D eigenvalue weighted by Crippen LogP contribution is 2.38. The summed E-state index contributed by atoms with van der Waals surface area (Å²) in [4.78, 5) is 50.1. The van der Waals surface area contributed by atoms with Gasteiger partial charge < -0.3 is 25.7 Å². The summed E-state index contributed by atoms with van der Waals surface area (Å²) < 4.78 is 0. The zero-order chi connectivity index (χ0) is 23.6. The molecule has 4 rings (SSSR count). The quantitative estimate of drug-likeness (QED) is 0.492. The minimum absolute atomic E-state index is 0.00504. The maximum absolute atomic E-state index is 13.3. The summed E-state index contributed by atoms with van der Waals surface area (Å²) in [5.41, 5.74) is 1.33. The molecule has 2 aromatic rings. The number of carboxylic acid groups (broad SMARTS) is 1. The molecule has 2 aromatic carbocycles. The van der Waals surface area contributed by atoms with Gasteiger partial charge in [-0.1, -0.05) is 54.6 Å². The number of aliphatic hydroxyl groups is 1. The van der Waals surface area contributed by atoms with E-state index in [0.29, 0.717) is 0 Å². The van der Waals surface area contributed by atoms with Gasteiger partial charge in [-0.2, -0.15) is 0 Å². The Balaban J connectivity index is 1.63. The number of amides is 3. The van der Waals surface area contributed by atoms with Crippen LogP contribution in [0.15, 0.2) is 65.9 Å². The van der Waals surface area contributed by atoms with Crippen molar-refractivity contribution in [2.45, 2.75) is 24.9 Å². The molecule has 2 heterocycles. The fourth-order valence-electron chi connectivity index (χ4n) is 4.30. The normalized spacial score (nSPS) is 20.2. The molecule has 9 heteroatoms. The summed E-state index contributed by atoms with van der Waals surface area (Å²) in [5, 5.41) is 24.2. The van der Waals surface area contributed by atoms with E-state index in [2.05, 4.69) is 10.6 Å². The predicted molar refractivity (Wildman–Crippen MR) is 118 cm³/mol. The number of nitrogens with one attached hydrogen (secondary N) is 2. The Bertz CT molecular complexity index is 1140. The summed E-state index contributed by atoms with van der Waals surface area (Å²) in [6.07, 6.45) is -0.0929. The van der Waals surface area contributed by atoms with Crippen LogP contribution in [-0.4, -0.2) is 57.4 Å². The SMILES string of the molecule is O=C(O)CNC(=O)C1=C(O)CC2(CNC(=O)C2)N(Cc2ccc(-c3ccccc3)cc2)C1=O. The Hall–Kier alpha value is -4.14. The van der Waals surface area contributed by atoms with Gasteiger partial charge in [0.05, 0.1) is 12.0 Å². The van der Waals surface area contributed by atoms with E-state index in [1.807, 2.05) is 54.6 Å². The lowest BCUT2D eigenvalue weighted by Gasteiger charge is -2.43. The van der Waals surface area contributed by atoms with Crippen molar-refractivity contribution in [3.05, 3.63) is 71.5 Å². The molecule has 0 radical (unpaired) electrons. The first-order valence-corrected chi connectivity index (χ1v) is 10.4. The molecule has 1 atom stereocenters. The van der Waals surface area contributed by atoms with Gasteiger partial charge in [0.1, 0.15) is 17.9 Å².